The van der Waals surface area contributed by atoms with Gasteiger partial charge >= 0.3 is 6.18 Å². The van der Waals surface area contributed by atoms with Gasteiger partial charge in [-0.2, -0.15) is 13.2 Å². The van der Waals surface area contributed by atoms with Crippen molar-refractivity contribution in [2.24, 2.45) is 0 Å². The highest BCUT2D eigenvalue weighted by Gasteiger charge is 2.31. The zero-order chi connectivity index (χ0) is 22.6. The summed E-state index contributed by atoms with van der Waals surface area (Å²) >= 11 is 0. The molecule has 0 aliphatic carbocycles. The summed E-state index contributed by atoms with van der Waals surface area (Å²) in [5, 5.41) is 0. The first-order valence-corrected chi connectivity index (χ1v) is 10.6. The number of sulfonamides is 1. The van der Waals surface area contributed by atoms with E-state index >= 15 is 0 Å². The standard InChI is InChI=1S/C19H18F3N3O5S/c20-19(21,22)13-5-2-6-14(11-13)25-31(28,29)15-7-1-4-12(10-15)17(26)23-24-18(27)16-8-3-9-30-16/h1-2,4-7,10-11,16,25H,3,8-9H2,(H,23,26)(H,24,27)/t16-/m0/s1. The number of hydrogen-bond acceptors (Lipinski definition) is 5. The first kappa shape index (κ1) is 22.6. The maximum Gasteiger partial charge on any atom is 0.416 e. The summed E-state index contributed by atoms with van der Waals surface area (Å²) in [5.74, 6) is -1.30. The number of carbonyl (C=O) groups excluding carboxylic acids is 2. The van der Waals surface area contributed by atoms with Crippen LogP contribution < -0.4 is 15.6 Å². The molecule has 1 aliphatic rings. The minimum Gasteiger partial charge on any atom is -0.368 e. The molecule has 3 rings (SSSR count). The number of alkyl halides is 3. The number of hydrazine groups is 1. The molecule has 0 radical (unpaired) electrons. The summed E-state index contributed by atoms with van der Waals surface area (Å²) in [5.41, 5.74) is 3.00. The fraction of sp³-hybridized carbons (Fsp3) is 0.263. The topological polar surface area (TPSA) is 114 Å². The van der Waals surface area contributed by atoms with Crippen molar-refractivity contribution in [3.05, 3.63) is 59.7 Å². The summed E-state index contributed by atoms with van der Waals surface area (Å²) in [6.45, 7) is 0.449. The van der Waals surface area contributed by atoms with Gasteiger partial charge in [0.05, 0.1) is 10.5 Å². The molecule has 2 aromatic carbocycles. The number of rotatable bonds is 5. The lowest BCUT2D eigenvalue weighted by molar-refractivity contribution is -0.137. The largest absolute Gasteiger partial charge is 0.416 e. The van der Waals surface area contributed by atoms with Gasteiger partial charge in [0.2, 0.25) is 0 Å². The minimum atomic E-state index is -4.63. The van der Waals surface area contributed by atoms with Crippen molar-refractivity contribution in [1.82, 2.24) is 10.9 Å². The molecule has 12 heteroatoms. The van der Waals surface area contributed by atoms with Crippen molar-refractivity contribution in [2.75, 3.05) is 11.3 Å². The van der Waals surface area contributed by atoms with E-state index in [2.05, 4.69) is 15.6 Å². The second-order valence-electron chi connectivity index (χ2n) is 6.66. The van der Waals surface area contributed by atoms with Gasteiger partial charge in [-0.25, -0.2) is 8.42 Å². The molecule has 1 saturated heterocycles. The number of amides is 2. The average molecular weight is 457 g/mol. The zero-order valence-electron chi connectivity index (χ0n) is 15.9. The highest BCUT2D eigenvalue weighted by Crippen LogP contribution is 2.31. The molecule has 1 fully saturated rings. The van der Waals surface area contributed by atoms with E-state index in [1.54, 1.807) is 0 Å². The fourth-order valence-corrected chi connectivity index (χ4v) is 3.93. The summed E-state index contributed by atoms with van der Waals surface area (Å²) < 4.78 is 70.9. The van der Waals surface area contributed by atoms with E-state index in [-0.39, 0.29) is 16.1 Å². The van der Waals surface area contributed by atoms with Gasteiger partial charge in [-0.05, 0) is 49.2 Å². The van der Waals surface area contributed by atoms with Gasteiger partial charge in [0.25, 0.3) is 21.8 Å². The van der Waals surface area contributed by atoms with E-state index in [9.17, 15) is 31.2 Å². The lowest BCUT2D eigenvalue weighted by Crippen LogP contribution is -2.46. The second kappa shape index (κ2) is 8.94. The Morgan fingerprint density at radius 3 is 2.45 bits per heavy atom. The minimum absolute atomic E-state index is 0.0837. The summed E-state index contributed by atoms with van der Waals surface area (Å²) in [4.78, 5) is 23.8. The molecule has 31 heavy (non-hydrogen) atoms. The Labute approximate surface area is 175 Å². The maximum absolute atomic E-state index is 12.8. The first-order chi connectivity index (χ1) is 14.6. The monoisotopic (exact) mass is 457 g/mol. The Morgan fingerprint density at radius 2 is 1.77 bits per heavy atom. The van der Waals surface area contributed by atoms with Crippen LogP contribution in [0.4, 0.5) is 18.9 Å². The molecule has 0 bridgehead atoms. The second-order valence-corrected chi connectivity index (χ2v) is 8.34. The van der Waals surface area contributed by atoms with Crippen LogP contribution in [0.3, 0.4) is 0 Å². The van der Waals surface area contributed by atoms with E-state index in [1.165, 1.54) is 24.3 Å². The summed E-state index contributed by atoms with van der Waals surface area (Å²) in [7, 11) is -4.28. The Kier molecular flexibility index (Phi) is 6.51. The van der Waals surface area contributed by atoms with Crippen molar-refractivity contribution in [3.63, 3.8) is 0 Å². The Morgan fingerprint density at radius 1 is 1.03 bits per heavy atom. The Hall–Kier alpha value is -3.12. The van der Waals surface area contributed by atoms with Gasteiger partial charge in [0, 0.05) is 17.9 Å². The van der Waals surface area contributed by atoms with Gasteiger partial charge in [-0.15, -0.1) is 0 Å². The number of ether oxygens (including phenoxy) is 1. The number of halogens is 3. The normalized spacial score (nSPS) is 16.5. The smallest absolute Gasteiger partial charge is 0.368 e. The molecule has 0 unspecified atom stereocenters. The van der Waals surface area contributed by atoms with Crippen LogP contribution in [0.1, 0.15) is 28.8 Å². The summed E-state index contributed by atoms with van der Waals surface area (Å²) in [6.07, 6.45) is -4.04. The van der Waals surface area contributed by atoms with E-state index in [4.69, 9.17) is 4.74 Å². The van der Waals surface area contributed by atoms with E-state index in [1.807, 2.05) is 0 Å². The molecule has 2 amide bonds. The van der Waals surface area contributed by atoms with Crippen LogP contribution in [0.15, 0.2) is 53.4 Å². The summed E-state index contributed by atoms with van der Waals surface area (Å²) in [6, 6.07) is 8.53. The third-order valence-electron chi connectivity index (χ3n) is 4.37. The average Bonchev–Trinajstić information content (AvgIpc) is 3.26. The molecule has 0 aromatic heterocycles. The van der Waals surface area contributed by atoms with Crippen LogP contribution in [-0.4, -0.2) is 32.9 Å². The van der Waals surface area contributed by atoms with Crippen molar-refractivity contribution in [3.8, 4) is 0 Å². The van der Waals surface area contributed by atoms with Gasteiger partial charge in [-0.3, -0.25) is 25.2 Å². The van der Waals surface area contributed by atoms with Gasteiger partial charge < -0.3 is 4.74 Å². The molecule has 3 N–H and O–H groups in total. The maximum atomic E-state index is 12.8. The molecule has 1 aliphatic heterocycles. The molecule has 0 saturated carbocycles. The third kappa shape index (κ3) is 5.73. The predicted molar refractivity (Wildman–Crippen MR) is 103 cm³/mol. The molecule has 8 nitrogen and oxygen atoms in total. The first-order valence-electron chi connectivity index (χ1n) is 9.08. The van der Waals surface area contributed by atoms with Crippen LogP contribution in [0.25, 0.3) is 0 Å². The predicted octanol–water partition coefficient (Wildman–Crippen LogP) is 2.45. The highest BCUT2D eigenvalue weighted by atomic mass is 32.2. The van der Waals surface area contributed by atoms with Gasteiger partial charge in [-0.1, -0.05) is 12.1 Å². The molecule has 1 heterocycles. The van der Waals surface area contributed by atoms with Crippen molar-refractivity contribution < 1.29 is 35.9 Å². The van der Waals surface area contributed by atoms with Gasteiger partial charge in [0.15, 0.2) is 0 Å². The third-order valence-corrected chi connectivity index (χ3v) is 5.75. The van der Waals surface area contributed by atoms with Crippen LogP contribution in [0.2, 0.25) is 0 Å². The molecular formula is C19H18F3N3O5S. The lowest BCUT2D eigenvalue weighted by Gasteiger charge is -2.13. The molecule has 166 valence electrons. The van der Waals surface area contributed by atoms with Crippen LogP contribution in [-0.2, 0) is 25.7 Å². The lowest BCUT2D eigenvalue weighted by atomic mass is 10.2. The van der Waals surface area contributed by atoms with Crippen molar-refractivity contribution >= 4 is 27.5 Å². The van der Waals surface area contributed by atoms with Crippen LogP contribution in [0, 0.1) is 0 Å². The molecular weight excluding hydrogens is 439 g/mol. The number of nitrogens with one attached hydrogen (secondary N) is 3. The van der Waals surface area contributed by atoms with E-state index < -0.39 is 39.7 Å². The number of anilines is 1. The van der Waals surface area contributed by atoms with E-state index in [0.29, 0.717) is 19.1 Å². The molecule has 1 atom stereocenters. The highest BCUT2D eigenvalue weighted by molar-refractivity contribution is 7.92. The fourth-order valence-electron chi connectivity index (χ4n) is 2.83. The number of benzene rings is 2. The van der Waals surface area contributed by atoms with Crippen molar-refractivity contribution in [2.45, 2.75) is 30.0 Å². The zero-order valence-corrected chi connectivity index (χ0v) is 16.7. The Balaban J connectivity index is 1.71. The van der Waals surface area contributed by atoms with E-state index in [0.717, 1.165) is 24.6 Å². The van der Waals surface area contributed by atoms with Crippen LogP contribution >= 0.6 is 0 Å². The number of carbonyl (C=O) groups is 2. The molecule has 0 spiro atoms. The van der Waals surface area contributed by atoms with Crippen molar-refractivity contribution in [1.29, 1.82) is 0 Å². The quantitative estimate of drug-likeness (QED) is 0.597. The number of hydrogen-bond donors (Lipinski definition) is 3. The van der Waals surface area contributed by atoms with Gasteiger partial charge in [0.1, 0.15) is 6.10 Å². The van der Waals surface area contributed by atoms with Crippen LogP contribution in [0.5, 0.6) is 0 Å². The Bertz CT molecular complexity index is 1080. The SMILES string of the molecule is O=C(NNC(=O)[C@@H]1CCCO1)c1cccc(S(=O)(=O)Nc2cccc(C(F)(F)F)c2)c1. The molecule has 2 aromatic rings.